The van der Waals surface area contributed by atoms with Gasteiger partial charge in [-0.3, -0.25) is 13.8 Å². The maximum atomic E-state index is 13.4. The first kappa shape index (κ1) is 22.9. The van der Waals surface area contributed by atoms with Crippen molar-refractivity contribution in [2.75, 3.05) is 0 Å². The van der Waals surface area contributed by atoms with E-state index in [1.165, 1.54) is 0 Å². The predicted octanol–water partition coefficient (Wildman–Crippen LogP) is 7.71. The van der Waals surface area contributed by atoms with Crippen LogP contribution in [0.5, 0.6) is 0 Å². The molecule has 9 rings (SSSR count). The monoisotopic (exact) mass is 539 g/mol. The van der Waals surface area contributed by atoms with E-state index < -0.39 is 0 Å². The molecule has 42 heavy (non-hydrogen) atoms. The lowest BCUT2D eigenvalue weighted by Crippen LogP contribution is -2.12. The largest absolute Gasteiger partial charge is 0.293 e. The zero-order valence-corrected chi connectivity index (χ0v) is 22.3. The third-order valence-corrected chi connectivity index (χ3v) is 8.13. The Balaban J connectivity index is 1.54. The van der Waals surface area contributed by atoms with Crippen LogP contribution in [0.25, 0.3) is 77.4 Å². The van der Waals surface area contributed by atoms with Crippen LogP contribution in [0.3, 0.4) is 0 Å². The molecule has 0 spiro atoms. The van der Waals surface area contributed by atoms with Crippen LogP contribution in [0, 0.1) is 0 Å². The number of hydrogen-bond donors (Lipinski definition) is 0. The number of nitrogens with zero attached hydrogens (tertiary/aromatic N) is 5. The Morgan fingerprint density at radius 2 is 1.10 bits per heavy atom. The van der Waals surface area contributed by atoms with E-state index in [1.54, 1.807) is 0 Å². The van der Waals surface area contributed by atoms with E-state index in [2.05, 4.69) is 51.4 Å². The van der Waals surface area contributed by atoms with Crippen molar-refractivity contribution in [1.29, 1.82) is 0 Å². The van der Waals surface area contributed by atoms with E-state index >= 15 is 0 Å². The van der Waals surface area contributed by atoms with Crippen molar-refractivity contribution in [3.63, 3.8) is 0 Å². The fourth-order valence-electron chi connectivity index (χ4n) is 6.36. The summed E-state index contributed by atoms with van der Waals surface area (Å²) in [5.74, 6) is 0.566. The van der Waals surface area contributed by atoms with E-state index in [9.17, 15) is 4.79 Å². The third-order valence-electron chi connectivity index (χ3n) is 8.13. The number of aromatic nitrogens is 5. The Morgan fingerprint density at radius 3 is 1.88 bits per heavy atom. The van der Waals surface area contributed by atoms with Crippen LogP contribution in [0.4, 0.5) is 0 Å². The van der Waals surface area contributed by atoms with Gasteiger partial charge in [-0.15, -0.1) is 0 Å². The third kappa shape index (κ3) is 3.09. The van der Waals surface area contributed by atoms with E-state index in [-0.39, 0.29) is 5.56 Å². The summed E-state index contributed by atoms with van der Waals surface area (Å²) in [7, 11) is 0. The first-order chi connectivity index (χ1) is 20.8. The highest BCUT2D eigenvalue weighted by atomic mass is 16.1. The Hall–Kier alpha value is -5.88. The van der Waals surface area contributed by atoms with Crippen LogP contribution in [-0.2, 0) is 0 Å². The SMILES string of the molecule is O=c1nc2c3c4ccccc4n(-c4nc(-c5ccccc5)c5ccccc5n4)c3c3ccccc3n2c2ccccc12. The lowest BCUT2D eigenvalue weighted by atomic mass is 10.1. The van der Waals surface area contributed by atoms with Crippen molar-refractivity contribution >= 4 is 60.2 Å². The molecule has 196 valence electrons. The van der Waals surface area contributed by atoms with Gasteiger partial charge in [-0.05, 0) is 30.3 Å². The van der Waals surface area contributed by atoms with E-state index in [1.807, 2.05) is 84.9 Å². The summed E-state index contributed by atoms with van der Waals surface area (Å²) in [4.78, 5) is 28.4. The lowest BCUT2D eigenvalue weighted by Gasteiger charge is -2.14. The van der Waals surface area contributed by atoms with Crippen molar-refractivity contribution in [3.8, 4) is 17.2 Å². The maximum absolute atomic E-state index is 13.4. The molecule has 4 heterocycles. The molecule has 0 amide bonds. The molecule has 0 saturated heterocycles. The molecule has 9 aromatic rings. The molecule has 6 heteroatoms. The van der Waals surface area contributed by atoms with Gasteiger partial charge in [-0.2, -0.15) is 4.98 Å². The molecule has 0 atom stereocenters. The van der Waals surface area contributed by atoms with Crippen molar-refractivity contribution in [1.82, 2.24) is 23.9 Å². The molecule has 0 N–H and O–H groups in total. The summed E-state index contributed by atoms with van der Waals surface area (Å²) < 4.78 is 4.25. The summed E-state index contributed by atoms with van der Waals surface area (Å²) in [5, 5.41) is 4.47. The molecular weight excluding hydrogens is 518 g/mol. The fraction of sp³-hybridized carbons (Fsp3) is 0. The van der Waals surface area contributed by atoms with Gasteiger partial charge < -0.3 is 0 Å². The maximum Gasteiger partial charge on any atom is 0.281 e. The van der Waals surface area contributed by atoms with Crippen LogP contribution < -0.4 is 5.56 Å². The van der Waals surface area contributed by atoms with Crippen LogP contribution >= 0.6 is 0 Å². The summed E-state index contributed by atoms with van der Waals surface area (Å²) in [5.41, 5.74) is 6.77. The van der Waals surface area contributed by atoms with Gasteiger partial charge in [0.2, 0.25) is 5.95 Å². The van der Waals surface area contributed by atoms with Crippen molar-refractivity contribution in [2.24, 2.45) is 0 Å². The molecule has 0 unspecified atom stereocenters. The normalized spacial score (nSPS) is 11.9. The van der Waals surface area contributed by atoms with Crippen molar-refractivity contribution in [2.45, 2.75) is 0 Å². The van der Waals surface area contributed by atoms with Gasteiger partial charge in [0.1, 0.15) is 0 Å². The molecule has 0 saturated carbocycles. The Kier molecular flexibility index (Phi) is 4.66. The molecular formula is C36H21N5O. The molecule has 0 fully saturated rings. The first-order valence-electron chi connectivity index (χ1n) is 13.9. The van der Waals surface area contributed by atoms with Gasteiger partial charge in [0.15, 0.2) is 5.65 Å². The molecule has 5 aromatic carbocycles. The average molecular weight is 540 g/mol. The topological polar surface area (TPSA) is 65.1 Å². The molecule has 0 aliphatic heterocycles. The van der Waals surface area contributed by atoms with Crippen LogP contribution in [-0.4, -0.2) is 23.9 Å². The Bertz CT molecular complexity index is 2600. The van der Waals surface area contributed by atoms with Crippen LogP contribution in [0.2, 0.25) is 0 Å². The second kappa shape index (κ2) is 8.56. The zero-order chi connectivity index (χ0) is 27.8. The average Bonchev–Trinajstić information content (AvgIpc) is 3.40. The van der Waals surface area contributed by atoms with Crippen LogP contribution in [0.1, 0.15) is 0 Å². The summed E-state index contributed by atoms with van der Waals surface area (Å²) in [6.45, 7) is 0. The van der Waals surface area contributed by atoms with Crippen molar-refractivity contribution < 1.29 is 0 Å². The Morgan fingerprint density at radius 1 is 0.500 bits per heavy atom. The highest BCUT2D eigenvalue weighted by molar-refractivity contribution is 6.23. The Labute approximate surface area is 238 Å². The molecule has 6 nitrogen and oxygen atoms in total. The minimum Gasteiger partial charge on any atom is -0.293 e. The highest BCUT2D eigenvalue weighted by Gasteiger charge is 2.23. The number of hydrogen-bond acceptors (Lipinski definition) is 4. The summed E-state index contributed by atoms with van der Waals surface area (Å²) >= 11 is 0. The first-order valence-corrected chi connectivity index (χ1v) is 13.9. The van der Waals surface area contributed by atoms with Crippen molar-refractivity contribution in [3.05, 3.63) is 138 Å². The smallest absolute Gasteiger partial charge is 0.281 e. The standard InChI is InChI=1S/C36H21N5O/c42-35-26-17-7-11-21-30(26)40-29-20-10-6-16-25(29)33-31(34(40)39-35)24-15-5-9-19-28(24)41(33)36-37-27-18-8-4-14-23(27)32(38-36)22-12-2-1-3-13-22/h1-21H. The second-order valence-electron chi connectivity index (χ2n) is 10.4. The molecule has 0 radical (unpaired) electrons. The summed E-state index contributed by atoms with van der Waals surface area (Å²) in [6, 6.07) is 42.5. The molecule has 0 aliphatic rings. The molecule has 0 bridgehead atoms. The fourth-order valence-corrected chi connectivity index (χ4v) is 6.36. The van der Waals surface area contributed by atoms with Gasteiger partial charge in [0.05, 0.1) is 44.0 Å². The van der Waals surface area contributed by atoms with E-state index in [0.717, 1.165) is 60.4 Å². The lowest BCUT2D eigenvalue weighted by molar-refractivity contribution is 1.02. The highest BCUT2D eigenvalue weighted by Crippen LogP contribution is 2.39. The number of para-hydroxylation sites is 4. The van der Waals surface area contributed by atoms with Gasteiger partial charge in [0.25, 0.3) is 5.56 Å². The van der Waals surface area contributed by atoms with Gasteiger partial charge in [-0.25, -0.2) is 9.97 Å². The number of rotatable bonds is 2. The minimum atomic E-state index is -0.243. The molecule has 4 aromatic heterocycles. The van der Waals surface area contributed by atoms with Gasteiger partial charge in [-0.1, -0.05) is 97.1 Å². The van der Waals surface area contributed by atoms with Crippen LogP contribution in [0.15, 0.2) is 132 Å². The van der Waals surface area contributed by atoms with Gasteiger partial charge in [0, 0.05) is 21.7 Å². The van der Waals surface area contributed by atoms with E-state index in [0.29, 0.717) is 17.0 Å². The predicted molar refractivity (Wildman–Crippen MR) is 169 cm³/mol. The minimum absolute atomic E-state index is 0.243. The number of fused-ring (bicyclic) bond motifs is 11. The molecule has 0 aliphatic carbocycles. The number of pyridine rings is 1. The van der Waals surface area contributed by atoms with E-state index in [4.69, 9.17) is 15.0 Å². The summed E-state index contributed by atoms with van der Waals surface area (Å²) in [6.07, 6.45) is 0. The second-order valence-corrected chi connectivity index (χ2v) is 10.4. The quantitative estimate of drug-likeness (QED) is 0.211. The van der Waals surface area contributed by atoms with Gasteiger partial charge >= 0.3 is 0 Å². The zero-order valence-electron chi connectivity index (χ0n) is 22.3. The number of benzene rings is 5.